The lowest BCUT2D eigenvalue weighted by Gasteiger charge is -2.14. The van der Waals surface area contributed by atoms with E-state index in [9.17, 15) is 25.1 Å². The van der Waals surface area contributed by atoms with Gasteiger partial charge in [-0.3, -0.25) is 14.9 Å². The number of nitrogens with zero attached hydrogens (tertiary/aromatic N) is 3. The van der Waals surface area contributed by atoms with Crippen LogP contribution >= 0.6 is 0 Å². The Balaban J connectivity index is 3.21. The van der Waals surface area contributed by atoms with Crippen molar-refractivity contribution in [3.63, 3.8) is 0 Å². The molecule has 0 spiro atoms. The molecule has 1 aromatic rings. The highest BCUT2D eigenvalue weighted by Crippen LogP contribution is 2.23. The number of nitro groups is 1. The van der Waals surface area contributed by atoms with Gasteiger partial charge in [0.05, 0.1) is 4.92 Å². The molecule has 0 aliphatic heterocycles. The van der Waals surface area contributed by atoms with E-state index in [-0.39, 0.29) is 5.56 Å². The van der Waals surface area contributed by atoms with Crippen LogP contribution in [0.25, 0.3) is 0 Å². The molecule has 9 nitrogen and oxygen atoms in total. The van der Waals surface area contributed by atoms with Crippen molar-refractivity contribution in [2.45, 2.75) is 12.2 Å². The summed E-state index contributed by atoms with van der Waals surface area (Å²) in [4.78, 5) is 23.9. The average Bonchev–Trinajstić information content (AvgIpc) is 2.35. The van der Waals surface area contributed by atoms with Crippen molar-refractivity contribution >= 4 is 11.6 Å². The van der Waals surface area contributed by atoms with Crippen molar-refractivity contribution in [2.75, 3.05) is 0 Å². The lowest BCUT2D eigenvalue weighted by Crippen LogP contribution is -2.33. The summed E-state index contributed by atoms with van der Waals surface area (Å²) in [5.74, 6) is -1.19. The van der Waals surface area contributed by atoms with E-state index in [1.165, 1.54) is 6.07 Å². The van der Waals surface area contributed by atoms with E-state index in [2.05, 4.69) is 4.98 Å². The smallest absolute Gasteiger partial charge is 0.306 e. The number of amides is 1. The molecule has 2 atom stereocenters. The molecule has 2 unspecified atom stereocenters. The first-order chi connectivity index (χ1) is 8.38. The van der Waals surface area contributed by atoms with Crippen LogP contribution in [-0.4, -0.2) is 32.1 Å². The third kappa shape index (κ3) is 2.57. The average molecular weight is 252 g/mol. The van der Waals surface area contributed by atoms with Crippen molar-refractivity contribution in [3.05, 3.63) is 33.6 Å². The number of hydrogen-bond acceptors (Lipinski definition) is 7. The Bertz CT molecular complexity index is 538. The van der Waals surface area contributed by atoms with Gasteiger partial charge in [0.25, 0.3) is 0 Å². The molecule has 0 radical (unpaired) electrons. The fourth-order valence-electron chi connectivity index (χ4n) is 1.19. The largest absolute Gasteiger partial charge is 0.385 e. The molecule has 1 rings (SSSR count). The normalized spacial score (nSPS) is 13.4. The van der Waals surface area contributed by atoms with Crippen molar-refractivity contribution < 1.29 is 19.9 Å². The van der Waals surface area contributed by atoms with Crippen LogP contribution in [0.4, 0.5) is 5.69 Å². The molecule has 18 heavy (non-hydrogen) atoms. The second kappa shape index (κ2) is 5.17. The second-order valence-electron chi connectivity index (χ2n) is 3.30. The van der Waals surface area contributed by atoms with E-state index in [1.54, 1.807) is 0 Å². The van der Waals surface area contributed by atoms with E-state index in [4.69, 9.17) is 11.0 Å². The molecule has 4 N–H and O–H groups in total. The summed E-state index contributed by atoms with van der Waals surface area (Å²) in [5, 5.41) is 38.0. The summed E-state index contributed by atoms with van der Waals surface area (Å²) < 4.78 is 0. The van der Waals surface area contributed by atoms with Gasteiger partial charge in [0.2, 0.25) is 11.6 Å². The van der Waals surface area contributed by atoms with Crippen LogP contribution in [0.1, 0.15) is 17.4 Å². The Morgan fingerprint density at radius 3 is 2.67 bits per heavy atom. The Morgan fingerprint density at radius 1 is 1.61 bits per heavy atom. The highest BCUT2D eigenvalue weighted by molar-refractivity contribution is 5.79. The molecule has 1 aromatic heterocycles. The van der Waals surface area contributed by atoms with E-state index in [0.29, 0.717) is 0 Å². The highest BCUT2D eigenvalue weighted by Gasteiger charge is 2.26. The standard InChI is InChI=1S/C9H8N4O5/c10-2-5-6(13(17)18)1-4(3-12-5)7(14)8(15)9(11)16/h1,3,7-8,14-15H,(H2,11,16). The van der Waals surface area contributed by atoms with Gasteiger partial charge in [0.1, 0.15) is 12.2 Å². The van der Waals surface area contributed by atoms with Gasteiger partial charge < -0.3 is 15.9 Å². The van der Waals surface area contributed by atoms with E-state index >= 15 is 0 Å². The monoisotopic (exact) mass is 252 g/mol. The summed E-state index contributed by atoms with van der Waals surface area (Å²) in [6, 6.07) is 2.36. The fraction of sp³-hybridized carbons (Fsp3) is 0.222. The van der Waals surface area contributed by atoms with Gasteiger partial charge in [0.15, 0.2) is 6.10 Å². The first-order valence-corrected chi connectivity index (χ1v) is 4.58. The molecule has 94 valence electrons. The molecule has 0 saturated heterocycles. The number of pyridine rings is 1. The Hall–Kier alpha value is -2.57. The first-order valence-electron chi connectivity index (χ1n) is 4.58. The van der Waals surface area contributed by atoms with Crippen LogP contribution in [-0.2, 0) is 4.79 Å². The number of hydrogen-bond donors (Lipinski definition) is 3. The van der Waals surface area contributed by atoms with Crippen molar-refractivity contribution in [1.82, 2.24) is 4.98 Å². The molecule has 0 bridgehead atoms. The first kappa shape index (κ1) is 13.5. The van der Waals surface area contributed by atoms with Crippen molar-refractivity contribution in [3.8, 4) is 6.07 Å². The number of rotatable bonds is 4. The molecule has 1 amide bonds. The molecule has 1 heterocycles. The minimum Gasteiger partial charge on any atom is -0.385 e. The molecule has 9 heteroatoms. The number of carbonyl (C=O) groups is 1. The molecular formula is C9H8N4O5. The predicted molar refractivity (Wildman–Crippen MR) is 55.8 cm³/mol. The number of aromatic nitrogens is 1. The summed E-state index contributed by atoms with van der Waals surface area (Å²) in [6.45, 7) is 0. The van der Waals surface area contributed by atoms with Crippen LogP contribution in [0.3, 0.4) is 0 Å². The number of aliphatic hydroxyl groups is 2. The fourth-order valence-corrected chi connectivity index (χ4v) is 1.19. The second-order valence-corrected chi connectivity index (χ2v) is 3.30. The highest BCUT2D eigenvalue weighted by atomic mass is 16.6. The van der Waals surface area contributed by atoms with Gasteiger partial charge >= 0.3 is 5.69 Å². The number of aliphatic hydroxyl groups excluding tert-OH is 2. The quantitative estimate of drug-likeness (QED) is 0.444. The molecule has 0 saturated carbocycles. The minimum atomic E-state index is -1.92. The molecule has 0 fully saturated rings. The van der Waals surface area contributed by atoms with Crippen LogP contribution in [0.2, 0.25) is 0 Å². The zero-order valence-electron chi connectivity index (χ0n) is 8.85. The van der Waals surface area contributed by atoms with Gasteiger partial charge in [-0.05, 0) is 0 Å². The number of nitrogens with two attached hydrogens (primary N) is 1. The molecule has 0 aliphatic carbocycles. The third-order valence-electron chi connectivity index (χ3n) is 2.12. The molecule has 0 aromatic carbocycles. The van der Waals surface area contributed by atoms with E-state index < -0.39 is 34.4 Å². The van der Waals surface area contributed by atoms with Crippen LogP contribution < -0.4 is 5.73 Å². The summed E-state index contributed by atoms with van der Waals surface area (Å²) in [6.07, 6.45) is -2.72. The lowest BCUT2D eigenvalue weighted by molar-refractivity contribution is -0.385. The maximum Gasteiger partial charge on any atom is 0.306 e. The van der Waals surface area contributed by atoms with Gasteiger partial charge in [0, 0.05) is 17.8 Å². The predicted octanol–water partition coefficient (Wildman–Crippen LogP) is -1.26. The number of carbonyl (C=O) groups excluding carboxylic acids is 1. The topological polar surface area (TPSA) is 163 Å². The third-order valence-corrected chi connectivity index (χ3v) is 2.12. The van der Waals surface area contributed by atoms with Crippen LogP contribution in [0.5, 0.6) is 0 Å². The van der Waals surface area contributed by atoms with Gasteiger partial charge in [-0.1, -0.05) is 0 Å². The maximum absolute atomic E-state index is 10.7. The molecule has 0 aliphatic rings. The van der Waals surface area contributed by atoms with Gasteiger partial charge in [-0.25, -0.2) is 4.98 Å². The Kier molecular flexibility index (Phi) is 3.88. The van der Waals surface area contributed by atoms with Crippen molar-refractivity contribution in [1.29, 1.82) is 5.26 Å². The number of primary amides is 1. The minimum absolute atomic E-state index is 0.188. The van der Waals surface area contributed by atoms with E-state index in [0.717, 1.165) is 12.3 Å². The maximum atomic E-state index is 10.7. The summed E-state index contributed by atoms with van der Waals surface area (Å²) in [7, 11) is 0. The summed E-state index contributed by atoms with van der Waals surface area (Å²) >= 11 is 0. The zero-order chi connectivity index (χ0) is 13.9. The number of nitriles is 1. The SMILES string of the molecule is N#Cc1ncc(C(O)C(O)C(N)=O)cc1[N+](=O)[O-]. The zero-order valence-corrected chi connectivity index (χ0v) is 8.85. The van der Waals surface area contributed by atoms with E-state index in [1.807, 2.05) is 0 Å². The van der Waals surface area contributed by atoms with Gasteiger partial charge in [-0.15, -0.1) is 0 Å². The Morgan fingerprint density at radius 2 is 2.22 bits per heavy atom. The van der Waals surface area contributed by atoms with Crippen LogP contribution in [0, 0.1) is 21.4 Å². The lowest BCUT2D eigenvalue weighted by atomic mass is 10.1. The molecular weight excluding hydrogens is 244 g/mol. The van der Waals surface area contributed by atoms with Crippen LogP contribution in [0.15, 0.2) is 12.3 Å². The van der Waals surface area contributed by atoms with Crippen molar-refractivity contribution in [2.24, 2.45) is 5.73 Å². The summed E-state index contributed by atoms with van der Waals surface area (Å²) in [5.41, 5.74) is 3.51. The Labute approximate surface area is 100 Å². The van der Waals surface area contributed by atoms with Gasteiger partial charge in [-0.2, -0.15) is 5.26 Å².